The molecule has 0 atom stereocenters. The van der Waals surface area contributed by atoms with E-state index in [4.69, 9.17) is 0 Å². The predicted octanol–water partition coefficient (Wildman–Crippen LogP) is 4.09. The summed E-state index contributed by atoms with van der Waals surface area (Å²) in [5.74, 6) is 0. The molecule has 0 aliphatic rings. The first-order chi connectivity index (χ1) is 13.4. The van der Waals surface area contributed by atoms with Gasteiger partial charge in [0.15, 0.2) is 5.52 Å². The van der Waals surface area contributed by atoms with Crippen LogP contribution in [0, 0.1) is 0 Å². The van der Waals surface area contributed by atoms with Gasteiger partial charge in [0.05, 0.1) is 10.9 Å². The molecule has 3 aromatic carbocycles. The van der Waals surface area contributed by atoms with E-state index in [1.807, 2.05) is 10.8 Å². The lowest BCUT2D eigenvalue weighted by molar-refractivity contribution is -0.536. The van der Waals surface area contributed by atoms with Crippen molar-refractivity contribution in [3.05, 3.63) is 79.3 Å². The Balaban J connectivity index is 1.90. The maximum absolute atomic E-state index is 4.58. The molecule has 5 heteroatoms. The van der Waals surface area contributed by atoms with E-state index in [9.17, 15) is 0 Å². The van der Waals surface area contributed by atoms with Gasteiger partial charge in [0.25, 0.3) is 0 Å². The first-order valence-corrected chi connectivity index (χ1v) is 9.00. The third-order valence-corrected chi connectivity index (χ3v) is 5.59. The molecule has 7 aromatic rings. The van der Waals surface area contributed by atoms with Crippen LogP contribution in [-0.4, -0.2) is 19.2 Å². The van der Waals surface area contributed by atoms with Gasteiger partial charge in [0.2, 0.25) is 16.7 Å². The Morgan fingerprint density at radius 2 is 1.63 bits per heavy atom. The number of rotatable bonds is 1. The number of pyridine rings is 1. The van der Waals surface area contributed by atoms with Crippen molar-refractivity contribution in [1.29, 1.82) is 0 Å². The Morgan fingerprint density at radius 1 is 0.741 bits per heavy atom. The summed E-state index contributed by atoms with van der Waals surface area (Å²) in [5, 5.41) is 7.21. The molecule has 7 rings (SSSR count). The third-order valence-electron chi connectivity index (χ3n) is 5.59. The van der Waals surface area contributed by atoms with Crippen LogP contribution >= 0.6 is 0 Å². The number of nitrogens with zero attached hydrogens (tertiary/aromatic N) is 4. The number of imidazole rings is 1. The molecule has 0 aliphatic carbocycles. The van der Waals surface area contributed by atoms with Crippen molar-refractivity contribution in [2.24, 2.45) is 0 Å². The highest BCUT2D eigenvalue weighted by Gasteiger charge is 2.27. The molecule has 0 radical (unpaired) electrons. The topological polar surface area (TPSA) is 41.4 Å². The first kappa shape index (κ1) is 13.4. The molecule has 0 saturated carbocycles. The van der Waals surface area contributed by atoms with Crippen LogP contribution in [0.4, 0.5) is 0 Å². The average molecular weight is 348 g/mol. The largest absolute Gasteiger partial charge is 0.241 e. The molecule has 0 aliphatic heterocycles. The monoisotopic (exact) mass is 348 g/mol. The van der Waals surface area contributed by atoms with E-state index in [-0.39, 0.29) is 0 Å². The van der Waals surface area contributed by atoms with Gasteiger partial charge in [0, 0.05) is 35.8 Å². The minimum absolute atomic E-state index is 0.997. The molecular weight excluding hydrogens is 334 g/mol. The molecule has 126 valence electrons. The number of hydrogen-bond donors (Lipinski definition) is 1. The highest BCUT2D eigenvalue weighted by molar-refractivity contribution is 6.24. The van der Waals surface area contributed by atoms with Gasteiger partial charge in [-0.2, -0.15) is 4.57 Å². The normalized spacial score (nSPS) is 12.4. The zero-order chi connectivity index (χ0) is 17.5. The number of hydrogen-bond acceptors (Lipinski definition) is 1. The summed E-state index contributed by atoms with van der Waals surface area (Å²) < 4.78 is 6.45. The smallest absolute Gasteiger partial charge is 0.238 e. The maximum Gasteiger partial charge on any atom is 0.238 e. The summed E-state index contributed by atoms with van der Waals surface area (Å²) in [4.78, 5) is 4.58. The van der Waals surface area contributed by atoms with E-state index < -0.39 is 0 Å². The molecule has 5 nitrogen and oxygen atoms in total. The standard InChI is InChI=1S/C22H14N5/c1-2-5-15(6-3-1)27-17-11-9-14-8-10-16-21-19(14)20(17)22-18(27)7-4-12-25(22)24-26(21)13-23-16/h1-13,24H/q+1. The second-order valence-corrected chi connectivity index (χ2v) is 6.99. The number of nitrogens with one attached hydrogen (secondary N) is 1. The molecule has 1 N–H and O–H groups in total. The lowest BCUT2D eigenvalue weighted by Gasteiger charge is -2.01. The van der Waals surface area contributed by atoms with Crippen LogP contribution in [-0.2, 0) is 0 Å². The van der Waals surface area contributed by atoms with Crippen molar-refractivity contribution in [2.75, 3.05) is 0 Å². The van der Waals surface area contributed by atoms with Crippen LogP contribution in [0.1, 0.15) is 0 Å². The van der Waals surface area contributed by atoms with Gasteiger partial charge in [-0.1, -0.05) is 24.3 Å². The fourth-order valence-electron chi connectivity index (χ4n) is 4.52. The van der Waals surface area contributed by atoms with Crippen molar-refractivity contribution >= 4 is 43.7 Å². The van der Waals surface area contributed by atoms with Gasteiger partial charge in [-0.25, -0.2) is 19.2 Å². The summed E-state index contributed by atoms with van der Waals surface area (Å²) in [7, 11) is 0. The summed E-state index contributed by atoms with van der Waals surface area (Å²) in [6.07, 6.45) is 3.92. The second kappa shape index (κ2) is 4.45. The van der Waals surface area contributed by atoms with Gasteiger partial charge >= 0.3 is 0 Å². The maximum atomic E-state index is 4.58. The van der Waals surface area contributed by atoms with Crippen LogP contribution in [0.15, 0.2) is 79.3 Å². The number of H-pyrrole nitrogens is 1. The van der Waals surface area contributed by atoms with Crippen LogP contribution in [0.2, 0.25) is 0 Å². The Hall–Kier alpha value is -3.86. The van der Waals surface area contributed by atoms with Gasteiger partial charge in [-0.15, -0.1) is 0 Å². The van der Waals surface area contributed by atoms with Crippen molar-refractivity contribution in [1.82, 2.24) is 19.2 Å². The molecule has 0 fully saturated rings. The summed E-state index contributed by atoms with van der Waals surface area (Å²) in [5.41, 5.74) is 6.83. The molecular formula is C22H14N5+. The Labute approximate surface area is 153 Å². The average Bonchev–Trinajstić information content (AvgIpc) is 3.23. The van der Waals surface area contributed by atoms with Gasteiger partial charge < -0.3 is 0 Å². The predicted molar refractivity (Wildman–Crippen MR) is 106 cm³/mol. The quantitative estimate of drug-likeness (QED) is 0.446. The van der Waals surface area contributed by atoms with Crippen LogP contribution < -0.4 is 4.57 Å². The van der Waals surface area contributed by atoms with Crippen molar-refractivity contribution < 1.29 is 4.57 Å². The first-order valence-electron chi connectivity index (χ1n) is 9.00. The molecule has 0 amide bonds. The highest BCUT2D eigenvalue weighted by Crippen LogP contribution is 2.36. The molecule has 0 spiro atoms. The summed E-state index contributed by atoms with van der Waals surface area (Å²) in [6, 6.07) is 23.5. The summed E-state index contributed by atoms with van der Waals surface area (Å²) >= 11 is 0. The fraction of sp³-hybridized carbons (Fsp3) is 0. The van der Waals surface area contributed by atoms with E-state index in [1.165, 1.54) is 32.7 Å². The van der Waals surface area contributed by atoms with E-state index in [1.54, 1.807) is 0 Å². The van der Waals surface area contributed by atoms with Gasteiger partial charge in [0.1, 0.15) is 11.8 Å². The van der Waals surface area contributed by atoms with Crippen molar-refractivity contribution in [2.45, 2.75) is 0 Å². The molecule has 0 unspecified atom stereocenters. The van der Waals surface area contributed by atoms with Gasteiger partial charge in [-0.05, 0) is 23.6 Å². The number of benzene rings is 3. The molecule has 0 saturated heterocycles. The Kier molecular flexibility index (Phi) is 2.20. The fourth-order valence-corrected chi connectivity index (χ4v) is 4.52. The number of para-hydroxylation sites is 1. The van der Waals surface area contributed by atoms with Crippen LogP contribution in [0.25, 0.3) is 49.4 Å². The van der Waals surface area contributed by atoms with Crippen molar-refractivity contribution in [3.8, 4) is 5.69 Å². The van der Waals surface area contributed by atoms with E-state index >= 15 is 0 Å². The van der Waals surface area contributed by atoms with Crippen LogP contribution in [0.5, 0.6) is 0 Å². The van der Waals surface area contributed by atoms with Crippen LogP contribution in [0.3, 0.4) is 0 Å². The van der Waals surface area contributed by atoms with E-state index in [2.05, 4.69) is 92.2 Å². The molecule has 27 heavy (non-hydrogen) atoms. The third kappa shape index (κ3) is 1.51. The minimum atomic E-state index is 0.997. The van der Waals surface area contributed by atoms with E-state index in [0.29, 0.717) is 0 Å². The Bertz CT molecular complexity index is 1610. The van der Waals surface area contributed by atoms with Gasteiger partial charge in [-0.3, -0.25) is 0 Å². The number of aromatic amines is 1. The Morgan fingerprint density at radius 3 is 2.56 bits per heavy atom. The highest BCUT2D eigenvalue weighted by atomic mass is 15.4. The minimum Gasteiger partial charge on any atom is -0.241 e. The van der Waals surface area contributed by atoms with E-state index in [0.717, 1.165) is 16.7 Å². The molecule has 4 aromatic heterocycles. The second-order valence-electron chi connectivity index (χ2n) is 6.99. The number of aromatic nitrogens is 5. The zero-order valence-corrected chi connectivity index (χ0v) is 14.3. The van der Waals surface area contributed by atoms with Crippen molar-refractivity contribution in [3.63, 3.8) is 0 Å². The molecule has 0 bridgehead atoms. The molecule has 4 heterocycles. The lowest BCUT2D eigenvalue weighted by atomic mass is 10.0. The lowest BCUT2D eigenvalue weighted by Crippen LogP contribution is -2.29. The SMILES string of the molecule is c1ccc(-[n+]2c3ccc4ccc5ncn6[nH]n7cccc2c7c3c4c56)cc1. The summed E-state index contributed by atoms with van der Waals surface area (Å²) in [6.45, 7) is 0. The zero-order valence-electron chi connectivity index (χ0n) is 14.3.